The molecule has 0 aliphatic heterocycles. The second-order valence-electron chi connectivity index (χ2n) is 4.47. The smallest absolute Gasteiger partial charge is 0.485 e. The first-order valence-electron chi connectivity index (χ1n) is 6.82. The maximum Gasteiger partial charge on any atom is 0.709 e. The maximum absolute atomic E-state index is 11.3. The van der Waals surface area contributed by atoms with Crippen molar-refractivity contribution in [2.75, 3.05) is 0 Å². The topological polar surface area (TPSA) is 147 Å². The van der Waals surface area contributed by atoms with Crippen LogP contribution in [0.5, 0.6) is 0 Å². The Morgan fingerprint density at radius 1 is 0.727 bits per heavy atom. The minimum absolute atomic E-state index is 0.0280. The molecule has 0 unspecified atom stereocenters. The van der Waals surface area contributed by atoms with Crippen molar-refractivity contribution in [1.82, 2.24) is 0 Å². The zero-order valence-corrected chi connectivity index (χ0v) is 12.0. The number of carbonyl (C=O) groups excluding carboxylic acids is 3. The standard InChI is InChI=1S/C12H19BO9/c14-9(15)5-1-2-6-10(16)21-11(17)7-3-4-8-12(18)22-13(19)20/h19-20H,1-8H2,(H,14,15). The molecule has 22 heavy (non-hydrogen) atoms. The molecular formula is C12H19BO9. The van der Waals surface area contributed by atoms with Gasteiger partial charge in [-0.3, -0.25) is 19.2 Å². The SMILES string of the molecule is O=C(O)CCCCC(=O)OC(=O)CCCCC(=O)OB(O)O. The fraction of sp³-hybridized carbons (Fsp3) is 0.667. The summed E-state index contributed by atoms with van der Waals surface area (Å²) in [4.78, 5) is 43.7. The molecule has 0 aromatic carbocycles. The average Bonchev–Trinajstić information content (AvgIpc) is 2.38. The first-order chi connectivity index (χ1) is 10.3. The molecule has 0 heterocycles. The molecule has 0 aliphatic rings. The maximum atomic E-state index is 11.3. The Morgan fingerprint density at radius 2 is 1.14 bits per heavy atom. The van der Waals surface area contributed by atoms with Crippen molar-refractivity contribution < 1.29 is 43.7 Å². The third-order valence-corrected chi connectivity index (χ3v) is 2.50. The van der Waals surface area contributed by atoms with Crippen molar-refractivity contribution in [3.8, 4) is 0 Å². The zero-order valence-electron chi connectivity index (χ0n) is 12.0. The third-order valence-electron chi connectivity index (χ3n) is 2.50. The van der Waals surface area contributed by atoms with E-state index in [-0.39, 0.29) is 38.5 Å². The summed E-state index contributed by atoms with van der Waals surface area (Å²) in [6.07, 6.45) is 0.990. The van der Waals surface area contributed by atoms with Gasteiger partial charge in [-0.15, -0.1) is 0 Å². The number of unbranched alkanes of at least 4 members (excludes halogenated alkanes) is 2. The zero-order chi connectivity index (χ0) is 17.0. The van der Waals surface area contributed by atoms with Crippen molar-refractivity contribution in [1.29, 1.82) is 0 Å². The molecule has 0 aromatic rings. The van der Waals surface area contributed by atoms with E-state index >= 15 is 0 Å². The number of carboxylic acid groups (broad SMARTS) is 1. The van der Waals surface area contributed by atoms with Gasteiger partial charge in [-0.05, 0) is 25.7 Å². The fourth-order valence-corrected chi connectivity index (χ4v) is 1.49. The van der Waals surface area contributed by atoms with Gasteiger partial charge in [-0.2, -0.15) is 0 Å². The van der Waals surface area contributed by atoms with Crippen molar-refractivity contribution in [3.63, 3.8) is 0 Å². The number of rotatable bonds is 11. The van der Waals surface area contributed by atoms with Crippen molar-refractivity contribution in [2.24, 2.45) is 0 Å². The summed E-state index contributed by atoms with van der Waals surface area (Å²) >= 11 is 0. The average molecular weight is 318 g/mol. The number of esters is 2. The van der Waals surface area contributed by atoms with Gasteiger partial charge >= 0.3 is 25.2 Å². The van der Waals surface area contributed by atoms with Gasteiger partial charge in [0.15, 0.2) is 0 Å². The van der Waals surface area contributed by atoms with Crippen molar-refractivity contribution >= 4 is 31.2 Å². The molecule has 0 saturated carbocycles. The van der Waals surface area contributed by atoms with Gasteiger partial charge in [0.05, 0.1) is 0 Å². The normalized spacial score (nSPS) is 9.91. The predicted molar refractivity (Wildman–Crippen MR) is 72.0 cm³/mol. The first kappa shape index (κ1) is 20.1. The summed E-state index contributed by atoms with van der Waals surface area (Å²) in [5, 5.41) is 25.1. The highest BCUT2D eigenvalue weighted by Crippen LogP contribution is 2.05. The van der Waals surface area contributed by atoms with Crippen molar-refractivity contribution in [3.05, 3.63) is 0 Å². The van der Waals surface area contributed by atoms with Gasteiger partial charge in [0.1, 0.15) is 0 Å². The summed E-state index contributed by atoms with van der Waals surface area (Å²) in [5.41, 5.74) is 0. The highest BCUT2D eigenvalue weighted by Gasteiger charge is 2.16. The molecule has 124 valence electrons. The number of carbonyl (C=O) groups is 4. The van der Waals surface area contributed by atoms with Crippen LogP contribution in [0.15, 0.2) is 0 Å². The van der Waals surface area contributed by atoms with Crippen LogP contribution < -0.4 is 0 Å². The van der Waals surface area contributed by atoms with E-state index in [1.165, 1.54) is 0 Å². The van der Waals surface area contributed by atoms with Gasteiger partial charge in [0, 0.05) is 25.7 Å². The molecule has 0 radical (unpaired) electrons. The van der Waals surface area contributed by atoms with Gasteiger partial charge in [-0.25, -0.2) is 0 Å². The Kier molecular flexibility index (Phi) is 10.7. The van der Waals surface area contributed by atoms with E-state index in [1.807, 2.05) is 0 Å². The molecular weight excluding hydrogens is 299 g/mol. The van der Waals surface area contributed by atoms with Crippen molar-refractivity contribution in [2.45, 2.75) is 51.4 Å². The monoisotopic (exact) mass is 318 g/mol. The summed E-state index contributed by atoms with van der Waals surface area (Å²) in [7, 11) is -2.16. The Morgan fingerprint density at radius 3 is 1.55 bits per heavy atom. The predicted octanol–water partition coefficient (Wildman–Crippen LogP) is -0.226. The Hall–Kier alpha value is -1.94. The molecule has 3 N–H and O–H groups in total. The van der Waals surface area contributed by atoms with Crippen LogP contribution in [-0.2, 0) is 28.6 Å². The summed E-state index contributed by atoms with van der Waals surface area (Å²) in [6.45, 7) is 0. The fourth-order valence-electron chi connectivity index (χ4n) is 1.49. The number of carboxylic acids is 1. The lowest BCUT2D eigenvalue weighted by atomic mass is 10.2. The molecule has 9 nitrogen and oxygen atoms in total. The molecule has 0 aromatic heterocycles. The van der Waals surface area contributed by atoms with Crippen LogP contribution in [0.4, 0.5) is 0 Å². The highest BCUT2D eigenvalue weighted by molar-refractivity contribution is 6.35. The van der Waals surface area contributed by atoms with E-state index < -0.39 is 31.2 Å². The van der Waals surface area contributed by atoms with E-state index in [1.54, 1.807) is 0 Å². The molecule has 0 fully saturated rings. The number of hydrogen-bond donors (Lipinski definition) is 3. The summed E-state index contributed by atoms with van der Waals surface area (Å²) in [6, 6.07) is 0. The minimum Gasteiger partial charge on any atom is -0.485 e. The van der Waals surface area contributed by atoms with Crippen LogP contribution in [0.3, 0.4) is 0 Å². The van der Waals surface area contributed by atoms with Crippen LogP contribution >= 0.6 is 0 Å². The lowest BCUT2D eigenvalue weighted by Gasteiger charge is -2.04. The molecule has 0 saturated heterocycles. The van der Waals surface area contributed by atoms with Crippen LogP contribution in [0, 0.1) is 0 Å². The van der Waals surface area contributed by atoms with E-state index in [0.717, 1.165) is 0 Å². The highest BCUT2D eigenvalue weighted by atomic mass is 16.6. The van der Waals surface area contributed by atoms with Crippen LogP contribution in [0.25, 0.3) is 0 Å². The molecule has 0 aliphatic carbocycles. The first-order valence-corrected chi connectivity index (χ1v) is 6.82. The van der Waals surface area contributed by atoms with Crippen LogP contribution in [-0.4, -0.2) is 46.4 Å². The minimum atomic E-state index is -2.16. The third kappa shape index (κ3) is 13.1. The Bertz CT molecular complexity index is 394. The molecule has 0 amide bonds. The van der Waals surface area contributed by atoms with E-state index in [4.69, 9.17) is 15.2 Å². The quantitative estimate of drug-likeness (QED) is 0.203. The molecule has 0 spiro atoms. The molecule has 10 heteroatoms. The van der Waals surface area contributed by atoms with E-state index in [2.05, 4.69) is 9.39 Å². The van der Waals surface area contributed by atoms with Crippen LogP contribution in [0.2, 0.25) is 0 Å². The number of ether oxygens (including phenoxy) is 1. The largest absolute Gasteiger partial charge is 0.709 e. The molecule has 0 atom stereocenters. The van der Waals surface area contributed by atoms with E-state index in [0.29, 0.717) is 12.8 Å². The van der Waals surface area contributed by atoms with Crippen LogP contribution in [0.1, 0.15) is 51.4 Å². The molecule has 0 rings (SSSR count). The lowest BCUT2D eigenvalue weighted by molar-refractivity contribution is -0.160. The van der Waals surface area contributed by atoms with Gasteiger partial charge in [0.25, 0.3) is 5.97 Å². The number of hydrogen-bond acceptors (Lipinski definition) is 8. The van der Waals surface area contributed by atoms with Gasteiger partial charge in [0.2, 0.25) is 0 Å². The molecule has 0 bridgehead atoms. The summed E-state index contributed by atoms with van der Waals surface area (Å²) in [5.74, 6) is -3.19. The Balaban J connectivity index is 3.62. The van der Waals surface area contributed by atoms with Gasteiger partial charge in [-0.1, -0.05) is 0 Å². The van der Waals surface area contributed by atoms with Gasteiger partial charge < -0.3 is 24.5 Å². The number of aliphatic carboxylic acids is 1. The summed E-state index contributed by atoms with van der Waals surface area (Å²) < 4.78 is 8.56. The second kappa shape index (κ2) is 11.7. The second-order valence-corrected chi connectivity index (χ2v) is 4.47. The lowest BCUT2D eigenvalue weighted by Crippen LogP contribution is -2.21. The Labute approximate surface area is 127 Å². The van der Waals surface area contributed by atoms with E-state index in [9.17, 15) is 19.2 Å².